The van der Waals surface area contributed by atoms with Gasteiger partial charge in [0.25, 0.3) is 0 Å². The summed E-state index contributed by atoms with van der Waals surface area (Å²) in [5.41, 5.74) is 8.83. The van der Waals surface area contributed by atoms with E-state index in [9.17, 15) is 0 Å². The largest absolute Gasteiger partial charge is 0.457 e. The number of aromatic nitrogens is 3. The Morgan fingerprint density at radius 2 is 1.34 bits per heavy atom. The van der Waals surface area contributed by atoms with Crippen LogP contribution in [0.15, 0.2) is 132 Å². The summed E-state index contributed by atoms with van der Waals surface area (Å²) in [6.07, 6.45) is 3.61. The number of benzene rings is 4. The van der Waals surface area contributed by atoms with Crippen molar-refractivity contribution in [1.82, 2.24) is 14.4 Å². The minimum absolute atomic E-state index is 0.733. The van der Waals surface area contributed by atoms with Gasteiger partial charge in [0.15, 0.2) is 5.58 Å². The maximum absolute atomic E-state index is 6.54. The van der Waals surface area contributed by atoms with E-state index < -0.39 is 0 Å². The first kappa shape index (κ1) is 22.2. The Labute approximate surface area is 234 Å². The quantitative estimate of drug-likeness (QED) is 0.229. The Morgan fingerprint density at radius 1 is 0.585 bits per heavy atom. The number of para-hydroxylation sites is 2. The molecule has 9 aromatic rings. The number of pyridine rings is 2. The Hall–Kier alpha value is -5.68. The number of hydrogen-bond acceptors (Lipinski definition) is 4. The van der Waals surface area contributed by atoms with E-state index >= 15 is 0 Å². The van der Waals surface area contributed by atoms with Gasteiger partial charge >= 0.3 is 0 Å². The molecule has 0 aliphatic rings. The molecule has 192 valence electrons. The van der Waals surface area contributed by atoms with Crippen molar-refractivity contribution in [2.45, 2.75) is 0 Å². The molecule has 41 heavy (non-hydrogen) atoms. The number of ether oxygens (including phenoxy) is 1. The van der Waals surface area contributed by atoms with E-state index in [1.165, 1.54) is 16.3 Å². The molecule has 0 atom stereocenters. The smallest absolute Gasteiger partial charge is 0.161 e. The van der Waals surface area contributed by atoms with Gasteiger partial charge in [-0.25, -0.2) is 0 Å². The number of nitrogens with zero attached hydrogens (tertiary/aromatic N) is 3. The molecule has 5 nitrogen and oxygen atoms in total. The second-order valence-electron chi connectivity index (χ2n) is 10.2. The van der Waals surface area contributed by atoms with Gasteiger partial charge in [-0.15, -0.1) is 0 Å². The fraction of sp³-hybridized carbons (Fsp3) is 0. The van der Waals surface area contributed by atoms with Crippen molar-refractivity contribution in [2.75, 3.05) is 0 Å². The van der Waals surface area contributed by atoms with Gasteiger partial charge < -0.3 is 13.6 Å². The summed E-state index contributed by atoms with van der Waals surface area (Å²) >= 11 is 0. The molecule has 0 fully saturated rings. The van der Waals surface area contributed by atoms with Crippen LogP contribution < -0.4 is 4.74 Å². The van der Waals surface area contributed by atoms with Crippen molar-refractivity contribution in [1.29, 1.82) is 0 Å². The van der Waals surface area contributed by atoms with E-state index in [1.54, 1.807) is 6.20 Å². The highest BCUT2D eigenvalue weighted by molar-refractivity contribution is 6.27. The molecule has 0 amide bonds. The van der Waals surface area contributed by atoms with Crippen molar-refractivity contribution in [3.05, 3.63) is 128 Å². The molecular weight excluding hydrogens is 506 g/mol. The van der Waals surface area contributed by atoms with Gasteiger partial charge in [0.2, 0.25) is 0 Å². The third-order valence-electron chi connectivity index (χ3n) is 7.88. The van der Waals surface area contributed by atoms with Crippen LogP contribution in [0.1, 0.15) is 0 Å². The highest BCUT2D eigenvalue weighted by Gasteiger charge is 2.24. The average molecular weight is 528 g/mol. The van der Waals surface area contributed by atoms with Gasteiger partial charge in [-0.3, -0.25) is 9.97 Å². The molecule has 0 N–H and O–H groups in total. The molecule has 4 aromatic carbocycles. The average Bonchev–Trinajstić information content (AvgIpc) is 3.68. The third-order valence-corrected chi connectivity index (χ3v) is 7.88. The molecular formula is C36H21N3O2. The van der Waals surface area contributed by atoms with Gasteiger partial charge in [-0.05, 0) is 54.6 Å². The van der Waals surface area contributed by atoms with E-state index in [1.807, 2.05) is 72.9 Å². The van der Waals surface area contributed by atoms with Gasteiger partial charge in [0.1, 0.15) is 22.6 Å². The minimum atomic E-state index is 0.733. The molecule has 0 unspecified atom stereocenters. The van der Waals surface area contributed by atoms with Crippen LogP contribution in [0.25, 0.3) is 71.8 Å². The van der Waals surface area contributed by atoms with Crippen molar-refractivity contribution >= 4 is 49.3 Å². The zero-order valence-corrected chi connectivity index (χ0v) is 21.8. The van der Waals surface area contributed by atoms with Crippen molar-refractivity contribution in [3.63, 3.8) is 0 Å². The summed E-state index contributed by atoms with van der Waals surface area (Å²) in [6, 6.07) is 38.9. The summed E-state index contributed by atoms with van der Waals surface area (Å²) in [4.78, 5) is 9.36. The lowest BCUT2D eigenvalue weighted by Crippen LogP contribution is -1.89. The molecule has 0 saturated carbocycles. The topological polar surface area (TPSA) is 52.6 Å². The van der Waals surface area contributed by atoms with Crippen LogP contribution in [-0.2, 0) is 0 Å². The standard InChI is InChI=1S/C36H21N3O2/c1-2-16-30-26(12-1)27-13-7-14-28-34(27)39(30)35-32-31(41-36(28)35)17-19-38-33(32)23-9-6-11-25(21-23)40-24-10-5-8-22(20-24)29-15-3-4-18-37-29/h1-21H. The number of fused-ring (bicyclic) bond motifs is 8. The summed E-state index contributed by atoms with van der Waals surface area (Å²) < 4.78 is 15.2. The number of rotatable bonds is 4. The Morgan fingerprint density at radius 3 is 2.22 bits per heavy atom. The van der Waals surface area contributed by atoms with Crippen LogP contribution in [0.5, 0.6) is 11.5 Å². The van der Waals surface area contributed by atoms with E-state index in [4.69, 9.17) is 14.1 Å². The van der Waals surface area contributed by atoms with Gasteiger partial charge in [-0.1, -0.05) is 60.7 Å². The summed E-state index contributed by atoms with van der Waals surface area (Å²) in [7, 11) is 0. The minimum Gasteiger partial charge on any atom is -0.457 e. The highest BCUT2D eigenvalue weighted by atomic mass is 16.5. The first-order valence-electron chi connectivity index (χ1n) is 13.6. The van der Waals surface area contributed by atoms with Crippen LogP contribution in [0.2, 0.25) is 0 Å². The molecule has 0 saturated heterocycles. The lowest BCUT2D eigenvalue weighted by Gasteiger charge is -2.10. The molecule has 0 spiro atoms. The lowest BCUT2D eigenvalue weighted by atomic mass is 10.1. The molecule has 0 aliphatic heterocycles. The second-order valence-corrected chi connectivity index (χ2v) is 10.2. The first-order valence-corrected chi connectivity index (χ1v) is 13.6. The molecule has 5 heterocycles. The first-order chi connectivity index (χ1) is 20.3. The van der Waals surface area contributed by atoms with E-state index in [-0.39, 0.29) is 0 Å². The number of hydrogen-bond donors (Lipinski definition) is 0. The zero-order valence-electron chi connectivity index (χ0n) is 21.8. The molecule has 0 bridgehead atoms. The Bertz CT molecular complexity index is 2400. The molecule has 5 aromatic heterocycles. The fourth-order valence-corrected chi connectivity index (χ4v) is 6.17. The van der Waals surface area contributed by atoms with Crippen LogP contribution in [0.4, 0.5) is 0 Å². The molecule has 5 heteroatoms. The SMILES string of the molecule is c1ccc(-c2cccc(Oc3cccc(-c4nccc5oc6c7cccc8c9ccccc9n(c87)c6c45)c3)c2)nc1. The maximum atomic E-state index is 6.54. The molecule has 0 aliphatic carbocycles. The van der Waals surface area contributed by atoms with Crippen LogP contribution in [0.3, 0.4) is 0 Å². The fourth-order valence-electron chi connectivity index (χ4n) is 6.17. The predicted molar refractivity (Wildman–Crippen MR) is 164 cm³/mol. The zero-order chi connectivity index (χ0) is 26.9. The Kier molecular flexibility index (Phi) is 4.55. The normalized spacial score (nSPS) is 11.9. The monoisotopic (exact) mass is 527 g/mol. The van der Waals surface area contributed by atoms with Crippen LogP contribution in [-0.4, -0.2) is 14.4 Å². The van der Waals surface area contributed by atoms with Crippen LogP contribution in [0, 0.1) is 0 Å². The number of furan rings is 1. The van der Waals surface area contributed by atoms with E-state index in [2.05, 4.69) is 57.9 Å². The Balaban J connectivity index is 1.22. The van der Waals surface area contributed by atoms with Crippen molar-refractivity contribution < 1.29 is 9.15 Å². The molecule has 0 radical (unpaired) electrons. The van der Waals surface area contributed by atoms with Crippen molar-refractivity contribution in [3.8, 4) is 34.0 Å². The van der Waals surface area contributed by atoms with Gasteiger partial charge in [-0.2, -0.15) is 0 Å². The van der Waals surface area contributed by atoms with Crippen molar-refractivity contribution in [2.24, 2.45) is 0 Å². The summed E-state index contributed by atoms with van der Waals surface area (Å²) in [5.74, 6) is 1.48. The van der Waals surface area contributed by atoms with Crippen LogP contribution >= 0.6 is 0 Å². The van der Waals surface area contributed by atoms with E-state index in [0.717, 1.165) is 67.0 Å². The van der Waals surface area contributed by atoms with Gasteiger partial charge in [0.05, 0.1) is 27.8 Å². The maximum Gasteiger partial charge on any atom is 0.161 e. The summed E-state index contributed by atoms with van der Waals surface area (Å²) in [5, 5.41) is 4.57. The summed E-state index contributed by atoms with van der Waals surface area (Å²) in [6.45, 7) is 0. The second kappa shape index (κ2) is 8.41. The van der Waals surface area contributed by atoms with E-state index in [0.29, 0.717) is 0 Å². The highest BCUT2D eigenvalue weighted by Crippen LogP contribution is 2.45. The lowest BCUT2D eigenvalue weighted by molar-refractivity contribution is 0.483. The third kappa shape index (κ3) is 3.23. The molecule has 9 rings (SSSR count). The van der Waals surface area contributed by atoms with Gasteiger partial charge in [0, 0.05) is 39.7 Å². The predicted octanol–water partition coefficient (Wildman–Crippen LogP) is 9.50.